The number of sulfonamides is 1. The van der Waals surface area contributed by atoms with Crippen molar-refractivity contribution in [1.82, 2.24) is 14.9 Å². The first-order valence-corrected chi connectivity index (χ1v) is 6.55. The zero-order valence-corrected chi connectivity index (χ0v) is 10.1. The quantitative estimate of drug-likeness (QED) is 0.698. The molecule has 1 aromatic heterocycles. The number of aromatic amines is 1. The summed E-state index contributed by atoms with van der Waals surface area (Å²) >= 11 is 0. The normalized spacial score (nSPS) is 18.7. The number of hydrogen-bond donors (Lipinski definition) is 3. The zero-order chi connectivity index (χ0) is 12.0. The molecule has 0 aliphatic heterocycles. The van der Waals surface area contributed by atoms with Gasteiger partial charge in [0, 0.05) is 5.54 Å². The van der Waals surface area contributed by atoms with Crippen LogP contribution in [0.25, 0.3) is 0 Å². The third-order valence-electron chi connectivity index (χ3n) is 2.76. The molecule has 0 spiro atoms. The van der Waals surface area contributed by atoms with E-state index in [0.717, 1.165) is 12.8 Å². The smallest absolute Gasteiger partial charge is 0.244 e. The van der Waals surface area contributed by atoms with Crippen molar-refractivity contribution >= 4 is 10.0 Å². The van der Waals surface area contributed by atoms with Crippen LogP contribution in [0.2, 0.25) is 0 Å². The van der Waals surface area contributed by atoms with Gasteiger partial charge in [-0.05, 0) is 26.7 Å². The van der Waals surface area contributed by atoms with Crippen molar-refractivity contribution in [2.24, 2.45) is 0 Å². The molecule has 1 heterocycles. The molecule has 1 aromatic rings. The maximum Gasteiger partial charge on any atom is 0.244 e. The lowest BCUT2D eigenvalue weighted by Gasteiger charge is -2.12. The first kappa shape index (κ1) is 11.6. The molecule has 0 bridgehead atoms. The predicted molar refractivity (Wildman–Crippen MR) is 57.2 cm³/mol. The highest BCUT2D eigenvalue weighted by Gasteiger charge is 2.42. The lowest BCUT2D eigenvalue weighted by atomic mass is 10.4. The van der Waals surface area contributed by atoms with E-state index < -0.39 is 16.6 Å². The van der Waals surface area contributed by atoms with Gasteiger partial charge in [-0.15, -0.1) is 0 Å². The number of nitrogens with one attached hydrogen (secondary N) is 2. The van der Waals surface area contributed by atoms with E-state index >= 15 is 0 Å². The fourth-order valence-corrected chi connectivity index (χ4v) is 3.42. The van der Waals surface area contributed by atoms with Crippen molar-refractivity contribution in [2.45, 2.75) is 43.7 Å². The summed E-state index contributed by atoms with van der Waals surface area (Å²) in [4.78, 5) is 0.0723. The minimum absolute atomic E-state index is 0.0723. The summed E-state index contributed by atoms with van der Waals surface area (Å²) < 4.78 is 26.8. The summed E-state index contributed by atoms with van der Waals surface area (Å²) in [6.45, 7) is 3.09. The maximum atomic E-state index is 12.1. The van der Waals surface area contributed by atoms with Crippen LogP contribution in [0.15, 0.2) is 4.90 Å². The van der Waals surface area contributed by atoms with Crippen LogP contribution in [0.3, 0.4) is 0 Å². The number of nitrogens with zero attached hydrogens (tertiary/aromatic N) is 1. The van der Waals surface area contributed by atoms with Crippen LogP contribution in [-0.4, -0.2) is 29.3 Å². The largest absolute Gasteiger partial charge is 0.390 e. The van der Waals surface area contributed by atoms with E-state index in [4.69, 9.17) is 5.11 Å². The van der Waals surface area contributed by atoms with Gasteiger partial charge in [-0.2, -0.15) is 5.10 Å². The third kappa shape index (κ3) is 1.98. The van der Waals surface area contributed by atoms with Crippen LogP contribution < -0.4 is 4.72 Å². The first-order chi connectivity index (χ1) is 7.38. The van der Waals surface area contributed by atoms with Gasteiger partial charge in [0.2, 0.25) is 10.0 Å². The van der Waals surface area contributed by atoms with Gasteiger partial charge in [-0.25, -0.2) is 13.1 Å². The molecule has 1 saturated carbocycles. The summed E-state index contributed by atoms with van der Waals surface area (Å²) in [5.74, 6) is 0. The van der Waals surface area contributed by atoms with Crippen LogP contribution in [-0.2, 0) is 16.6 Å². The van der Waals surface area contributed by atoms with Gasteiger partial charge < -0.3 is 5.11 Å². The van der Waals surface area contributed by atoms with Gasteiger partial charge in [0.25, 0.3) is 0 Å². The first-order valence-electron chi connectivity index (χ1n) is 5.07. The Kier molecular flexibility index (Phi) is 2.56. The molecule has 90 valence electrons. The summed E-state index contributed by atoms with van der Waals surface area (Å²) in [7, 11) is -3.59. The second kappa shape index (κ2) is 3.54. The molecule has 16 heavy (non-hydrogen) atoms. The average molecular weight is 245 g/mol. The Hall–Kier alpha value is -0.920. The number of aryl methyl sites for hydroxylation is 1. The Morgan fingerprint density at radius 3 is 2.69 bits per heavy atom. The second-order valence-corrected chi connectivity index (χ2v) is 6.07. The highest BCUT2D eigenvalue weighted by atomic mass is 32.2. The van der Waals surface area contributed by atoms with E-state index in [2.05, 4.69) is 14.9 Å². The van der Waals surface area contributed by atoms with E-state index in [9.17, 15) is 8.42 Å². The fourth-order valence-electron chi connectivity index (χ4n) is 1.60. The predicted octanol–water partition coefficient (Wildman–Crippen LogP) is 0.0412. The average Bonchev–Trinajstić information content (AvgIpc) is 2.76. The van der Waals surface area contributed by atoms with E-state index in [0.29, 0.717) is 5.69 Å². The van der Waals surface area contributed by atoms with Crippen molar-refractivity contribution < 1.29 is 13.5 Å². The number of aliphatic hydroxyl groups excluding tert-OH is 1. The van der Waals surface area contributed by atoms with Gasteiger partial charge in [0.15, 0.2) is 0 Å². The number of H-pyrrole nitrogens is 1. The van der Waals surface area contributed by atoms with Crippen LogP contribution in [0, 0.1) is 6.92 Å². The Morgan fingerprint density at radius 2 is 2.19 bits per heavy atom. The SMILES string of the molecule is Cc1[nH]nc(CO)c1S(=O)(=O)NC1(C)CC1. The van der Waals surface area contributed by atoms with Gasteiger partial charge in [0.05, 0.1) is 12.3 Å². The molecule has 3 N–H and O–H groups in total. The lowest BCUT2D eigenvalue weighted by Crippen LogP contribution is -2.34. The topological polar surface area (TPSA) is 95.1 Å². The van der Waals surface area contributed by atoms with E-state index in [1.807, 2.05) is 6.92 Å². The van der Waals surface area contributed by atoms with Gasteiger partial charge >= 0.3 is 0 Å². The van der Waals surface area contributed by atoms with Crippen LogP contribution in [0.4, 0.5) is 0 Å². The fraction of sp³-hybridized carbons (Fsp3) is 0.667. The zero-order valence-electron chi connectivity index (χ0n) is 9.24. The summed E-state index contributed by atoms with van der Waals surface area (Å²) in [5, 5.41) is 15.4. The standard InChI is InChI=1S/C9H15N3O3S/c1-6-8(7(5-13)11-10-6)16(14,15)12-9(2)3-4-9/h12-13H,3-5H2,1-2H3,(H,10,11). The highest BCUT2D eigenvalue weighted by molar-refractivity contribution is 7.89. The van der Waals surface area contributed by atoms with Gasteiger partial charge in [0.1, 0.15) is 10.6 Å². The van der Waals surface area contributed by atoms with Crippen molar-refractivity contribution in [3.63, 3.8) is 0 Å². The number of aliphatic hydroxyl groups is 1. The molecule has 7 heteroatoms. The maximum absolute atomic E-state index is 12.1. The van der Waals surface area contributed by atoms with Crippen molar-refractivity contribution in [3.8, 4) is 0 Å². The van der Waals surface area contributed by atoms with E-state index in [1.165, 1.54) is 0 Å². The molecule has 0 unspecified atom stereocenters. The molecule has 6 nitrogen and oxygen atoms in total. The molecule has 0 amide bonds. The monoisotopic (exact) mass is 245 g/mol. The summed E-state index contributed by atoms with van der Waals surface area (Å²) in [6.07, 6.45) is 1.69. The minimum Gasteiger partial charge on any atom is -0.390 e. The number of rotatable bonds is 4. The molecule has 1 aliphatic rings. The molecular formula is C9H15N3O3S. The van der Waals surface area contributed by atoms with Gasteiger partial charge in [-0.3, -0.25) is 5.10 Å². The van der Waals surface area contributed by atoms with E-state index in [1.54, 1.807) is 6.92 Å². The Bertz CT molecular complexity index is 502. The van der Waals surface area contributed by atoms with Crippen molar-refractivity contribution in [2.75, 3.05) is 0 Å². The second-order valence-electron chi connectivity index (χ2n) is 4.45. The molecule has 0 saturated heterocycles. The molecule has 1 aliphatic carbocycles. The van der Waals surface area contributed by atoms with Crippen LogP contribution >= 0.6 is 0 Å². The number of aromatic nitrogens is 2. The summed E-state index contributed by atoms with van der Waals surface area (Å²) in [6, 6.07) is 0. The summed E-state index contributed by atoms with van der Waals surface area (Å²) in [5.41, 5.74) is 0.282. The molecular weight excluding hydrogens is 230 g/mol. The van der Waals surface area contributed by atoms with Crippen molar-refractivity contribution in [3.05, 3.63) is 11.4 Å². The van der Waals surface area contributed by atoms with Crippen molar-refractivity contribution in [1.29, 1.82) is 0 Å². The molecule has 0 atom stereocenters. The van der Waals surface area contributed by atoms with Crippen LogP contribution in [0.1, 0.15) is 31.2 Å². The molecule has 0 aromatic carbocycles. The van der Waals surface area contributed by atoms with Crippen LogP contribution in [0.5, 0.6) is 0 Å². The Balaban J connectivity index is 2.38. The Labute approximate surface area is 94.1 Å². The molecule has 2 rings (SSSR count). The van der Waals surface area contributed by atoms with E-state index in [-0.39, 0.29) is 16.1 Å². The Morgan fingerprint density at radius 1 is 1.56 bits per heavy atom. The molecule has 1 fully saturated rings. The lowest BCUT2D eigenvalue weighted by molar-refractivity contribution is 0.273. The van der Waals surface area contributed by atoms with Gasteiger partial charge in [-0.1, -0.05) is 0 Å². The third-order valence-corrected chi connectivity index (χ3v) is 4.60. The highest BCUT2D eigenvalue weighted by Crippen LogP contribution is 2.36. The minimum atomic E-state index is -3.59. The molecule has 0 radical (unpaired) electrons. The number of hydrogen-bond acceptors (Lipinski definition) is 4.